The van der Waals surface area contributed by atoms with Gasteiger partial charge in [0.05, 0.1) is 11.7 Å². The van der Waals surface area contributed by atoms with E-state index in [9.17, 15) is 9.90 Å². The van der Waals surface area contributed by atoms with E-state index < -0.39 is 0 Å². The van der Waals surface area contributed by atoms with Crippen molar-refractivity contribution in [1.82, 2.24) is 15.1 Å². The minimum Gasteiger partial charge on any atom is -0.508 e. The number of hydrogen-bond donors (Lipinski definition) is 3. The number of nitrogens with one attached hydrogen (secondary N) is 2. The molecule has 0 spiro atoms. The number of carbonyl (C=O) groups is 1. The van der Waals surface area contributed by atoms with Gasteiger partial charge in [-0.05, 0) is 56.7 Å². The van der Waals surface area contributed by atoms with Crippen LogP contribution in [0.3, 0.4) is 0 Å². The second kappa shape index (κ2) is 6.95. The van der Waals surface area contributed by atoms with E-state index in [0.29, 0.717) is 24.9 Å². The summed E-state index contributed by atoms with van der Waals surface area (Å²) >= 11 is 0. The summed E-state index contributed by atoms with van der Waals surface area (Å²) in [7, 11) is 0. The van der Waals surface area contributed by atoms with Crippen molar-refractivity contribution in [3.8, 4) is 5.75 Å². The number of hydrogen-bond acceptors (Lipinski definition) is 3. The minimum absolute atomic E-state index is 0.224. The van der Waals surface area contributed by atoms with Gasteiger partial charge in [0, 0.05) is 12.6 Å². The molecule has 24 heavy (non-hydrogen) atoms. The molecule has 1 saturated carbocycles. The highest BCUT2D eigenvalue weighted by Gasteiger charge is 2.31. The molecule has 0 saturated heterocycles. The molecule has 0 aliphatic heterocycles. The van der Waals surface area contributed by atoms with Gasteiger partial charge in [-0.15, -0.1) is 0 Å². The fourth-order valence-corrected chi connectivity index (χ4v) is 2.84. The molecule has 0 radical (unpaired) electrons. The summed E-state index contributed by atoms with van der Waals surface area (Å²) in [5.41, 5.74) is 1.97. The van der Waals surface area contributed by atoms with Crippen LogP contribution < -0.4 is 10.6 Å². The van der Waals surface area contributed by atoms with Gasteiger partial charge in [-0.2, -0.15) is 5.10 Å². The Morgan fingerprint density at radius 3 is 2.75 bits per heavy atom. The maximum atomic E-state index is 12.1. The van der Waals surface area contributed by atoms with Crippen LogP contribution in [0.1, 0.15) is 37.1 Å². The summed E-state index contributed by atoms with van der Waals surface area (Å²) in [4.78, 5) is 12.1. The number of phenolic OH excluding ortho intramolecular Hbond substituents is 1. The van der Waals surface area contributed by atoms with Gasteiger partial charge in [-0.1, -0.05) is 12.1 Å². The predicted molar refractivity (Wildman–Crippen MR) is 93.2 cm³/mol. The Morgan fingerprint density at radius 2 is 2.08 bits per heavy atom. The van der Waals surface area contributed by atoms with Crippen LogP contribution >= 0.6 is 0 Å². The van der Waals surface area contributed by atoms with E-state index in [-0.39, 0.29) is 11.8 Å². The zero-order valence-corrected chi connectivity index (χ0v) is 14.1. The van der Waals surface area contributed by atoms with Crippen LogP contribution in [0.2, 0.25) is 0 Å². The summed E-state index contributed by atoms with van der Waals surface area (Å²) in [6.07, 6.45) is 3.18. The number of nitrogens with zero attached hydrogens (tertiary/aromatic N) is 2. The lowest BCUT2D eigenvalue weighted by molar-refractivity contribution is 0.252. The lowest BCUT2D eigenvalue weighted by Gasteiger charge is -2.15. The Bertz CT molecular complexity index is 704. The smallest absolute Gasteiger partial charge is 0.320 e. The number of rotatable bonds is 6. The number of aromatic hydroxyl groups is 1. The molecule has 0 unspecified atom stereocenters. The standard InChI is InChI=1S/C18H24N4O2/c1-12-11-17(22(21-12)13(2)15-5-6-15)20-18(24)19-10-9-14-3-7-16(23)8-4-14/h3-4,7-8,11,13,15,23H,5-6,9-10H2,1-2H3,(H2,19,20,24)/t13-/m1/s1. The third kappa shape index (κ3) is 4.07. The molecule has 2 amide bonds. The van der Waals surface area contributed by atoms with Crippen molar-refractivity contribution < 1.29 is 9.90 Å². The molecule has 1 aromatic heterocycles. The number of aryl methyl sites for hydroxylation is 1. The first-order valence-electron chi connectivity index (χ1n) is 8.42. The van der Waals surface area contributed by atoms with Crippen LogP contribution in [0.15, 0.2) is 30.3 Å². The van der Waals surface area contributed by atoms with Gasteiger partial charge >= 0.3 is 6.03 Å². The first kappa shape index (κ1) is 16.4. The highest BCUT2D eigenvalue weighted by molar-refractivity contribution is 5.88. The molecular weight excluding hydrogens is 304 g/mol. The van der Waals surface area contributed by atoms with Crippen molar-refractivity contribution in [2.24, 2.45) is 5.92 Å². The number of carbonyl (C=O) groups excluding carboxylic acids is 1. The second-order valence-electron chi connectivity index (χ2n) is 6.49. The molecule has 1 aromatic carbocycles. The highest BCUT2D eigenvalue weighted by atomic mass is 16.3. The fourth-order valence-electron chi connectivity index (χ4n) is 2.84. The summed E-state index contributed by atoms with van der Waals surface area (Å²) in [6, 6.07) is 8.99. The minimum atomic E-state index is -0.224. The second-order valence-corrected chi connectivity index (χ2v) is 6.49. The number of amides is 2. The number of phenols is 1. The zero-order valence-electron chi connectivity index (χ0n) is 14.1. The third-order valence-corrected chi connectivity index (χ3v) is 4.43. The predicted octanol–water partition coefficient (Wildman–Crippen LogP) is 3.23. The molecule has 1 heterocycles. The SMILES string of the molecule is Cc1cc(NC(=O)NCCc2ccc(O)cc2)n([C@H](C)C2CC2)n1. The Balaban J connectivity index is 1.52. The summed E-state index contributed by atoms with van der Waals surface area (Å²) < 4.78 is 1.92. The molecule has 1 aliphatic rings. The van der Waals surface area contributed by atoms with Gasteiger partial charge in [0.15, 0.2) is 0 Å². The van der Waals surface area contributed by atoms with E-state index in [1.807, 2.05) is 29.8 Å². The van der Waals surface area contributed by atoms with E-state index in [0.717, 1.165) is 17.1 Å². The van der Waals surface area contributed by atoms with Crippen molar-refractivity contribution in [3.63, 3.8) is 0 Å². The van der Waals surface area contributed by atoms with Gasteiger partial charge in [-0.25, -0.2) is 9.48 Å². The number of aromatic nitrogens is 2. The average Bonchev–Trinajstić information content (AvgIpc) is 3.33. The largest absolute Gasteiger partial charge is 0.508 e. The molecule has 3 rings (SSSR count). The molecule has 6 nitrogen and oxygen atoms in total. The molecular formula is C18H24N4O2. The summed E-state index contributed by atoms with van der Waals surface area (Å²) in [5, 5.41) is 19.5. The van der Waals surface area contributed by atoms with E-state index in [1.165, 1.54) is 12.8 Å². The van der Waals surface area contributed by atoms with Crippen molar-refractivity contribution in [2.45, 2.75) is 39.2 Å². The average molecular weight is 328 g/mol. The normalized spacial score (nSPS) is 15.1. The number of urea groups is 1. The van der Waals surface area contributed by atoms with E-state index in [1.54, 1.807) is 12.1 Å². The Morgan fingerprint density at radius 1 is 1.38 bits per heavy atom. The van der Waals surface area contributed by atoms with Crippen LogP contribution in [0.5, 0.6) is 5.75 Å². The molecule has 1 atom stereocenters. The van der Waals surface area contributed by atoms with Crippen molar-refractivity contribution >= 4 is 11.8 Å². The first-order chi connectivity index (χ1) is 11.5. The maximum absolute atomic E-state index is 12.1. The Labute approximate surface area is 141 Å². The molecule has 1 aliphatic carbocycles. The van der Waals surface area contributed by atoms with Crippen LogP contribution in [0, 0.1) is 12.8 Å². The molecule has 0 bridgehead atoms. The highest BCUT2D eigenvalue weighted by Crippen LogP contribution is 2.40. The van der Waals surface area contributed by atoms with Crippen molar-refractivity contribution in [2.75, 3.05) is 11.9 Å². The van der Waals surface area contributed by atoms with Crippen LogP contribution in [-0.4, -0.2) is 27.5 Å². The number of anilines is 1. The van der Waals surface area contributed by atoms with Gasteiger partial charge in [0.2, 0.25) is 0 Å². The lowest BCUT2D eigenvalue weighted by atomic mass is 10.1. The summed E-state index contributed by atoms with van der Waals surface area (Å²) in [6.45, 7) is 4.62. The van der Waals surface area contributed by atoms with E-state index in [2.05, 4.69) is 22.7 Å². The van der Waals surface area contributed by atoms with Crippen molar-refractivity contribution in [1.29, 1.82) is 0 Å². The van der Waals surface area contributed by atoms with E-state index >= 15 is 0 Å². The first-order valence-corrected chi connectivity index (χ1v) is 8.42. The Hall–Kier alpha value is -2.50. The topological polar surface area (TPSA) is 79.2 Å². The number of benzene rings is 1. The molecule has 2 aromatic rings. The van der Waals surface area contributed by atoms with Gasteiger partial charge in [0.1, 0.15) is 11.6 Å². The zero-order chi connectivity index (χ0) is 17.1. The lowest BCUT2D eigenvalue weighted by Crippen LogP contribution is -2.31. The molecule has 3 N–H and O–H groups in total. The van der Waals surface area contributed by atoms with Crippen molar-refractivity contribution in [3.05, 3.63) is 41.6 Å². The van der Waals surface area contributed by atoms with Crippen LogP contribution in [0.25, 0.3) is 0 Å². The third-order valence-electron chi connectivity index (χ3n) is 4.43. The fraction of sp³-hybridized carbons (Fsp3) is 0.444. The Kier molecular flexibility index (Phi) is 4.74. The maximum Gasteiger partial charge on any atom is 0.320 e. The monoisotopic (exact) mass is 328 g/mol. The van der Waals surface area contributed by atoms with E-state index in [4.69, 9.17) is 0 Å². The molecule has 6 heteroatoms. The molecule has 128 valence electrons. The summed E-state index contributed by atoms with van der Waals surface area (Å²) in [5.74, 6) is 1.66. The van der Waals surface area contributed by atoms with Gasteiger partial charge in [-0.3, -0.25) is 5.32 Å². The quantitative estimate of drug-likeness (QED) is 0.761. The van der Waals surface area contributed by atoms with Crippen LogP contribution in [0.4, 0.5) is 10.6 Å². The van der Waals surface area contributed by atoms with Gasteiger partial charge in [0.25, 0.3) is 0 Å². The van der Waals surface area contributed by atoms with Crippen LogP contribution in [-0.2, 0) is 6.42 Å². The van der Waals surface area contributed by atoms with Gasteiger partial charge < -0.3 is 10.4 Å². The molecule has 1 fully saturated rings.